The van der Waals surface area contributed by atoms with Gasteiger partial charge in [0.15, 0.2) is 15.7 Å². The lowest BCUT2D eigenvalue weighted by Crippen LogP contribution is -2.17. The van der Waals surface area contributed by atoms with E-state index >= 15 is 0 Å². The number of aromatic amines is 1. The zero-order chi connectivity index (χ0) is 22.2. The number of carbonyl (C=O) groups excluding carboxylic acids is 1. The fraction of sp³-hybridized carbons (Fsp3) is 0.100. The van der Waals surface area contributed by atoms with Crippen LogP contribution in [-0.2, 0) is 9.84 Å². The number of aromatic carboxylic acids is 2. The summed E-state index contributed by atoms with van der Waals surface area (Å²) in [6.45, 7) is 1.31. The van der Waals surface area contributed by atoms with E-state index in [0.29, 0.717) is 5.56 Å². The van der Waals surface area contributed by atoms with E-state index in [1.807, 2.05) is 0 Å². The molecular weight excluding hydrogens is 412 g/mol. The molecule has 0 aliphatic heterocycles. The maximum atomic E-state index is 12.9. The summed E-state index contributed by atoms with van der Waals surface area (Å²) in [6.07, 6.45) is 3.77. The zero-order valence-electron chi connectivity index (χ0n) is 15.8. The summed E-state index contributed by atoms with van der Waals surface area (Å²) in [5.74, 6) is -3.65. The molecule has 0 amide bonds. The Morgan fingerprint density at radius 3 is 2.07 bits per heavy atom. The van der Waals surface area contributed by atoms with Crippen LogP contribution in [0.2, 0.25) is 0 Å². The molecule has 9 nitrogen and oxygen atoms in total. The van der Waals surface area contributed by atoms with E-state index in [2.05, 4.69) is 9.97 Å². The zero-order valence-corrected chi connectivity index (χ0v) is 16.6. The van der Waals surface area contributed by atoms with Crippen molar-refractivity contribution in [1.82, 2.24) is 9.97 Å². The van der Waals surface area contributed by atoms with E-state index in [-0.39, 0.29) is 33.0 Å². The van der Waals surface area contributed by atoms with Crippen LogP contribution in [-0.4, -0.2) is 52.6 Å². The van der Waals surface area contributed by atoms with Crippen molar-refractivity contribution >= 4 is 27.6 Å². The summed E-state index contributed by atoms with van der Waals surface area (Å²) >= 11 is 0. The molecule has 1 heterocycles. The number of nitrogens with zero attached hydrogens (tertiary/aromatic N) is 1. The van der Waals surface area contributed by atoms with Crippen molar-refractivity contribution in [3.05, 3.63) is 70.8 Å². The van der Waals surface area contributed by atoms with Crippen molar-refractivity contribution in [3.63, 3.8) is 0 Å². The van der Waals surface area contributed by atoms with Gasteiger partial charge in [0, 0.05) is 24.2 Å². The van der Waals surface area contributed by atoms with Crippen LogP contribution in [0.4, 0.5) is 0 Å². The molecule has 10 heteroatoms. The van der Waals surface area contributed by atoms with Crippen molar-refractivity contribution in [1.29, 1.82) is 0 Å². The van der Waals surface area contributed by atoms with Crippen LogP contribution in [0.1, 0.15) is 42.5 Å². The minimum atomic E-state index is -3.47. The predicted octanol–water partition coefficient (Wildman–Crippen LogP) is 2.42. The maximum absolute atomic E-state index is 12.9. The minimum absolute atomic E-state index is 0.0360. The number of H-pyrrole nitrogens is 1. The van der Waals surface area contributed by atoms with Crippen LogP contribution in [0, 0.1) is 6.92 Å². The van der Waals surface area contributed by atoms with Gasteiger partial charge in [0.05, 0.1) is 16.0 Å². The van der Waals surface area contributed by atoms with Crippen molar-refractivity contribution in [3.8, 4) is 11.1 Å². The van der Waals surface area contributed by atoms with Crippen molar-refractivity contribution < 1.29 is 33.0 Å². The fourth-order valence-electron chi connectivity index (χ4n) is 3.17. The first-order valence-corrected chi connectivity index (χ1v) is 10.4. The summed E-state index contributed by atoms with van der Waals surface area (Å²) in [6, 6.07) is 6.61. The number of ketones is 1. The molecule has 0 bridgehead atoms. The number of benzene rings is 2. The molecule has 0 unspecified atom stereocenters. The molecule has 0 spiro atoms. The lowest BCUT2D eigenvalue weighted by molar-refractivity contribution is 0.0691. The van der Waals surface area contributed by atoms with Crippen molar-refractivity contribution in [2.45, 2.75) is 11.8 Å². The van der Waals surface area contributed by atoms with Crippen LogP contribution in [0.5, 0.6) is 0 Å². The number of rotatable bonds is 6. The van der Waals surface area contributed by atoms with Crippen LogP contribution in [0.25, 0.3) is 11.1 Å². The van der Waals surface area contributed by atoms with E-state index in [9.17, 15) is 33.0 Å². The number of sulfone groups is 1. The van der Waals surface area contributed by atoms with Gasteiger partial charge in [-0.25, -0.2) is 23.0 Å². The average Bonchev–Trinajstić information content (AvgIpc) is 3.20. The van der Waals surface area contributed by atoms with Gasteiger partial charge in [-0.15, -0.1) is 0 Å². The lowest BCUT2D eigenvalue weighted by Gasteiger charge is -2.16. The Labute approximate surface area is 170 Å². The van der Waals surface area contributed by atoms with Crippen LogP contribution >= 0.6 is 0 Å². The van der Waals surface area contributed by atoms with E-state index in [1.54, 1.807) is 0 Å². The van der Waals surface area contributed by atoms with Gasteiger partial charge in [0.2, 0.25) is 5.78 Å². The monoisotopic (exact) mass is 428 g/mol. The largest absolute Gasteiger partial charge is 0.478 e. The molecule has 3 N–H and O–H groups in total. The Kier molecular flexibility index (Phi) is 5.27. The number of imidazole rings is 1. The highest BCUT2D eigenvalue weighted by Gasteiger charge is 2.28. The highest BCUT2D eigenvalue weighted by molar-refractivity contribution is 7.90. The second-order valence-electron chi connectivity index (χ2n) is 6.52. The fourth-order valence-corrected chi connectivity index (χ4v) is 3.80. The summed E-state index contributed by atoms with van der Waals surface area (Å²) < 4.78 is 23.4. The Bertz CT molecular complexity index is 1280. The van der Waals surface area contributed by atoms with E-state index in [4.69, 9.17) is 0 Å². The molecule has 3 aromatic rings. The molecule has 154 valence electrons. The minimum Gasteiger partial charge on any atom is -0.478 e. The number of hydrogen-bond donors (Lipinski definition) is 3. The van der Waals surface area contributed by atoms with Gasteiger partial charge < -0.3 is 15.2 Å². The first-order valence-electron chi connectivity index (χ1n) is 8.51. The summed E-state index contributed by atoms with van der Waals surface area (Å²) in [5.41, 5.74) is -0.675. The summed E-state index contributed by atoms with van der Waals surface area (Å²) in [4.78, 5) is 43.1. The second kappa shape index (κ2) is 7.56. The molecule has 0 saturated heterocycles. The van der Waals surface area contributed by atoms with Crippen LogP contribution in [0.15, 0.2) is 47.6 Å². The summed E-state index contributed by atoms with van der Waals surface area (Å²) in [7, 11) is -3.47. The van der Waals surface area contributed by atoms with Gasteiger partial charge in [-0.05, 0) is 41.8 Å². The number of nitrogens with one attached hydrogen (secondary N) is 1. The SMILES string of the molecule is Cc1c(C(=O)O)c(C(=O)c2ncc[nH]2)cc(-c2ccc(S(C)(=O)=O)cc2)c1C(=O)O. The van der Waals surface area contributed by atoms with Crippen LogP contribution < -0.4 is 0 Å². The van der Waals surface area contributed by atoms with Gasteiger partial charge in [-0.2, -0.15) is 0 Å². The quantitative estimate of drug-likeness (QED) is 0.506. The van der Waals surface area contributed by atoms with Crippen molar-refractivity contribution in [2.24, 2.45) is 0 Å². The molecule has 2 aromatic carbocycles. The molecular formula is C20H16N2O7S. The number of carboxylic acids is 2. The average molecular weight is 428 g/mol. The Morgan fingerprint density at radius 1 is 1.00 bits per heavy atom. The molecule has 1 aromatic heterocycles. The molecule has 3 rings (SSSR count). The first-order chi connectivity index (χ1) is 14.0. The highest BCUT2D eigenvalue weighted by atomic mass is 32.2. The van der Waals surface area contributed by atoms with Gasteiger partial charge in [-0.3, -0.25) is 4.79 Å². The van der Waals surface area contributed by atoms with Gasteiger partial charge in [0.1, 0.15) is 0 Å². The topological polar surface area (TPSA) is 154 Å². The molecule has 0 saturated carbocycles. The maximum Gasteiger partial charge on any atom is 0.336 e. The van der Waals surface area contributed by atoms with Gasteiger partial charge >= 0.3 is 11.9 Å². The molecule has 0 fully saturated rings. The normalized spacial score (nSPS) is 11.3. The molecule has 0 aliphatic rings. The highest BCUT2D eigenvalue weighted by Crippen LogP contribution is 2.32. The predicted molar refractivity (Wildman–Crippen MR) is 106 cm³/mol. The number of aromatic nitrogens is 2. The number of carbonyl (C=O) groups is 3. The standard InChI is InChI=1S/C20H16N2O7S/c1-10-15(19(24)25)13(11-3-5-12(6-4-11)30(2,28)29)9-14(16(10)20(26)27)17(23)18-21-7-8-22-18/h3-9H,1-2H3,(H,21,22)(H,24,25)(H,26,27). The van der Waals surface area contributed by atoms with Crippen molar-refractivity contribution in [2.75, 3.05) is 6.26 Å². The van der Waals surface area contributed by atoms with E-state index < -0.39 is 33.1 Å². The second-order valence-corrected chi connectivity index (χ2v) is 8.54. The Balaban J connectivity index is 2.33. The van der Waals surface area contributed by atoms with Crippen LogP contribution in [0.3, 0.4) is 0 Å². The first kappa shape index (κ1) is 20.9. The summed E-state index contributed by atoms with van der Waals surface area (Å²) in [5, 5.41) is 19.4. The molecule has 0 atom stereocenters. The molecule has 30 heavy (non-hydrogen) atoms. The lowest BCUT2D eigenvalue weighted by atomic mass is 9.87. The Hall–Kier alpha value is -3.79. The third-order valence-electron chi connectivity index (χ3n) is 4.56. The van der Waals surface area contributed by atoms with Gasteiger partial charge in [0.25, 0.3) is 0 Å². The Morgan fingerprint density at radius 2 is 1.60 bits per heavy atom. The third-order valence-corrected chi connectivity index (χ3v) is 5.68. The molecule has 0 radical (unpaired) electrons. The number of hydrogen-bond acceptors (Lipinski definition) is 6. The van der Waals surface area contributed by atoms with E-state index in [1.165, 1.54) is 49.6 Å². The van der Waals surface area contributed by atoms with Gasteiger partial charge in [-0.1, -0.05) is 12.1 Å². The molecule has 0 aliphatic carbocycles. The third kappa shape index (κ3) is 3.72. The number of carboxylic acid groups (broad SMARTS) is 2. The smallest absolute Gasteiger partial charge is 0.336 e. The van der Waals surface area contributed by atoms with E-state index in [0.717, 1.165) is 6.26 Å².